The number of hydrogen-bond donors (Lipinski definition) is 1. The molecule has 11 heteroatoms. The molecule has 1 aliphatic rings. The van der Waals surface area contributed by atoms with Crippen LogP contribution in [0.4, 0.5) is 9.52 Å². The van der Waals surface area contributed by atoms with Crippen LogP contribution in [-0.4, -0.2) is 46.7 Å². The minimum atomic E-state index is -3.56. The highest BCUT2D eigenvalue weighted by molar-refractivity contribution is 7.89. The molecule has 0 unspecified atom stereocenters. The highest BCUT2D eigenvalue weighted by Crippen LogP contribution is 2.31. The predicted molar refractivity (Wildman–Crippen MR) is 125 cm³/mol. The largest absolute Gasteiger partial charge is 0.298 e. The van der Waals surface area contributed by atoms with Crippen molar-refractivity contribution in [2.75, 3.05) is 18.4 Å². The Hall–Kier alpha value is -3.02. The van der Waals surface area contributed by atoms with E-state index in [1.165, 1.54) is 16.4 Å². The van der Waals surface area contributed by atoms with E-state index < -0.39 is 21.7 Å². The number of thiazole rings is 1. The number of benzene rings is 2. The van der Waals surface area contributed by atoms with Gasteiger partial charge >= 0.3 is 0 Å². The van der Waals surface area contributed by atoms with E-state index in [1.807, 2.05) is 0 Å². The third-order valence-corrected chi connectivity index (χ3v) is 8.50. The minimum Gasteiger partial charge on any atom is -0.298 e. The summed E-state index contributed by atoms with van der Waals surface area (Å²) >= 11 is 1.15. The average Bonchev–Trinajstić information content (AvgIpc) is 3.43. The summed E-state index contributed by atoms with van der Waals surface area (Å²) in [5, 5.41) is 2.97. The fraction of sp³-hybridized carbons (Fsp3) is 0.273. The smallest absolute Gasteiger partial charge is 0.259 e. The van der Waals surface area contributed by atoms with Gasteiger partial charge in [0, 0.05) is 19.2 Å². The summed E-state index contributed by atoms with van der Waals surface area (Å²) in [7, 11) is -3.56. The van der Waals surface area contributed by atoms with Crippen LogP contribution < -0.4 is 5.32 Å². The maximum absolute atomic E-state index is 14.2. The van der Waals surface area contributed by atoms with Gasteiger partial charge < -0.3 is 0 Å². The molecule has 4 aromatic rings. The molecule has 1 aliphatic heterocycles. The number of hydrogen-bond acceptors (Lipinski definition) is 7. The lowest BCUT2D eigenvalue weighted by molar-refractivity contribution is 0.102. The van der Waals surface area contributed by atoms with Gasteiger partial charge in [0.15, 0.2) is 5.13 Å². The standard InChI is InChI=1S/C22H20FN5O3S2/c1-12-13(2)25-20-16(9-14(23)10-18(20)24-12)21(29)27-22-26-17-6-5-15(11-19(17)32-22)33(30,31)28-7-3-4-8-28/h5-6,9-11H,3-4,7-8H2,1-2H3,(H,26,27,29). The molecule has 3 heterocycles. The lowest BCUT2D eigenvalue weighted by atomic mass is 10.1. The molecule has 1 fully saturated rings. The van der Waals surface area contributed by atoms with E-state index in [9.17, 15) is 17.6 Å². The summed E-state index contributed by atoms with van der Waals surface area (Å²) in [6.07, 6.45) is 1.72. The minimum absolute atomic E-state index is 0.0529. The van der Waals surface area contributed by atoms with Crippen LogP contribution in [0.5, 0.6) is 0 Å². The van der Waals surface area contributed by atoms with Crippen molar-refractivity contribution in [3.63, 3.8) is 0 Å². The van der Waals surface area contributed by atoms with E-state index >= 15 is 0 Å². The maximum atomic E-state index is 14.2. The number of nitrogens with zero attached hydrogens (tertiary/aromatic N) is 4. The molecule has 2 aromatic carbocycles. The third kappa shape index (κ3) is 3.96. The molecular formula is C22H20FN5O3S2. The van der Waals surface area contributed by atoms with Crippen molar-refractivity contribution in [3.8, 4) is 0 Å². The van der Waals surface area contributed by atoms with Crippen molar-refractivity contribution in [1.29, 1.82) is 0 Å². The van der Waals surface area contributed by atoms with Crippen LogP contribution in [-0.2, 0) is 10.0 Å². The van der Waals surface area contributed by atoms with Gasteiger partial charge in [0.05, 0.1) is 37.6 Å². The van der Waals surface area contributed by atoms with Crippen LogP contribution in [0, 0.1) is 19.7 Å². The number of carbonyl (C=O) groups excluding carboxylic acids is 1. The Morgan fingerprint density at radius 1 is 1.03 bits per heavy atom. The first-order chi connectivity index (χ1) is 15.7. The van der Waals surface area contributed by atoms with E-state index in [2.05, 4.69) is 20.3 Å². The van der Waals surface area contributed by atoms with Crippen LogP contribution >= 0.6 is 11.3 Å². The molecule has 0 atom stereocenters. The lowest BCUT2D eigenvalue weighted by Crippen LogP contribution is -2.27. The molecule has 0 radical (unpaired) electrons. The molecule has 0 aliphatic carbocycles. The zero-order chi connectivity index (χ0) is 23.3. The fourth-order valence-corrected chi connectivity index (χ4v) is 6.35. The SMILES string of the molecule is Cc1nc2cc(F)cc(C(=O)Nc3nc4ccc(S(=O)(=O)N5CCCC5)cc4s3)c2nc1C. The van der Waals surface area contributed by atoms with Crippen LogP contribution in [0.2, 0.25) is 0 Å². The summed E-state index contributed by atoms with van der Waals surface area (Å²) in [6, 6.07) is 7.09. The molecule has 2 aromatic heterocycles. The molecule has 0 saturated carbocycles. The number of anilines is 1. The number of carbonyl (C=O) groups is 1. The third-order valence-electron chi connectivity index (χ3n) is 5.67. The summed E-state index contributed by atoms with van der Waals surface area (Å²) in [4.78, 5) is 26.3. The second-order valence-corrected chi connectivity index (χ2v) is 10.9. The van der Waals surface area contributed by atoms with E-state index in [0.29, 0.717) is 45.7 Å². The number of nitrogens with one attached hydrogen (secondary N) is 1. The van der Waals surface area contributed by atoms with Gasteiger partial charge in [0.1, 0.15) is 11.3 Å². The molecule has 1 saturated heterocycles. The van der Waals surface area contributed by atoms with Crippen molar-refractivity contribution in [3.05, 3.63) is 53.1 Å². The average molecular weight is 486 g/mol. The number of amides is 1. The van der Waals surface area contributed by atoms with Gasteiger partial charge in [0.2, 0.25) is 10.0 Å². The van der Waals surface area contributed by atoms with Gasteiger partial charge in [-0.25, -0.2) is 27.8 Å². The number of halogens is 1. The van der Waals surface area contributed by atoms with Gasteiger partial charge in [-0.05, 0) is 51.0 Å². The summed E-state index contributed by atoms with van der Waals surface area (Å²) in [6.45, 7) is 4.58. The fourth-order valence-electron chi connectivity index (χ4n) is 3.83. The first kappa shape index (κ1) is 21.8. The van der Waals surface area contributed by atoms with Crippen LogP contribution in [0.25, 0.3) is 21.3 Å². The lowest BCUT2D eigenvalue weighted by Gasteiger charge is -2.15. The molecule has 33 heavy (non-hydrogen) atoms. The second-order valence-electron chi connectivity index (χ2n) is 7.93. The zero-order valence-electron chi connectivity index (χ0n) is 17.9. The van der Waals surface area contributed by atoms with Crippen molar-refractivity contribution >= 4 is 53.6 Å². The first-order valence-corrected chi connectivity index (χ1v) is 12.6. The Balaban J connectivity index is 1.47. The number of fused-ring (bicyclic) bond motifs is 2. The second kappa shape index (κ2) is 8.08. The predicted octanol–water partition coefficient (Wildman–Crippen LogP) is 4.03. The van der Waals surface area contributed by atoms with Gasteiger partial charge in [0.25, 0.3) is 5.91 Å². The topological polar surface area (TPSA) is 105 Å². The van der Waals surface area contributed by atoms with Gasteiger partial charge in [-0.2, -0.15) is 4.31 Å². The van der Waals surface area contributed by atoms with E-state index in [0.717, 1.165) is 30.2 Å². The van der Waals surface area contributed by atoms with Crippen LogP contribution in [0.15, 0.2) is 35.2 Å². The zero-order valence-corrected chi connectivity index (χ0v) is 19.6. The van der Waals surface area contributed by atoms with Crippen molar-refractivity contribution in [2.24, 2.45) is 0 Å². The molecule has 0 spiro atoms. The Bertz CT molecular complexity index is 1530. The molecule has 1 amide bonds. The van der Waals surface area contributed by atoms with Crippen molar-refractivity contribution in [1.82, 2.24) is 19.3 Å². The monoisotopic (exact) mass is 485 g/mol. The van der Waals surface area contributed by atoms with E-state index in [-0.39, 0.29) is 15.6 Å². The van der Waals surface area contributed by atoms with Crippen LogP contribution in [0.3, 0.4) is 0 Å². The van der Waals surface area contributed by atoms with Crippen molar-refractivity contribution < 1.29 is 17.6 Å². The Morgan fingerprint density at radius 3 is 2.52 bits per heavy atom. The molecule has 8 nitrogen and oxygen atoms in total. The van der Waals surface area contributed by atoms with Crippen LogP contribution in [0.1, 0.15) is 34.6 Å². The van der Waals surface area contributed by atoms with Gasteiger partial charge in [-0.15, -0.1) is 0 Å². The molecule has 0 bridgehead atoms. The highest BCUT2D eigenvalue weighted by atomic mass is 32.2. The Morgan fingerprint density at radius 2 is 1.76 bits per heavy atom. The molecular weight excluding hydrogens is 465 g/mol. The molecule has 1 N–H and O–H groups in total. The van der Waals surface area contributed by atoms with Crippen molar-refractivity contribution in [2.45, 2.75) is 31.6 Å². The van der Waals surface area contributed by atoms with Gasteiger partial charge in [-0.3, -0.25) is 10.1 Å². The quantitative estimate of drug-likeness (QED) is 0.468. The molecule has 5 rings (SSSR count). The Labute approximate surface area is 193 Å². The Kier molecular flexibility index (Phi) is 5.34. The highest BCUT2D eigenvalue weighted by Gasteiger charge is 2.27. The summed E-state index contributed by atoms with van der Waals surface area (Å²) in [5.41, 5.74) is 2.52. The normalized spacial score (nSPS) is 14.9. The van der Waals surface area contributed by atoms with E-state index in [4.69, 9.17) is 0 Å². The summed E-state index contributed by atoms with van der Waals surface area (Å²) < 4.78 is 42.0. The number of rotatable bonds is 4. The van der Waals surface area contributed by atoms with Gasteiger partial charge in [-0.1, -0.05) is 11.3 Å². The first-order valence-electron chi connectivity index (χ1n) is 10.4. The number of aryl methyl sites for hydroxylation is 2. The van der Waals surface area contributed by atoms with E-state index in [1.54, 1.807) is 26.0 Å². The summed E-state index contributed by atoms with van der Waals surface area (Å²) in [5.74, 6) is -1.16. The maximum Gasteiger partial charge on any atom is 0.259 e. The number of aromatic nitrogens is 3. The number of sulfonamides is 1. The molecule has 170 valence electrons.